The van der Waals surface area contributed by atoms with Crippen molar-refractivity contribution in [2.75, 3.05) is 0 Å². The van der Waals surface area contributed by atoms with Crippen molar-refractivity contribution in [2.45, 2.75) is 44.4 Å². The van der Waals surface area contributed by atoms with E-state index >= 15 is 0 Å². The van der Waals surface area contributed by atoms with Crippen molar-refractivity contribution in [1.29, 1.82) is 0 Å². The van der Waals surface area contributed by atoms with Gasteiger partial charge in [0.25, 0.3) is 0 Å². The van der Waals surface area contributed by atoms with Gasteiger partial charge in [0.15, 0.2) is 0 Å². The molecule has 0 N–H and O–H groups in total. The van der Waals surface area contributed by atoms with Crippen LogP contribution in [0, 0.1) is 0 Å². The summed E-state index contributed by atoms with van der Waals surface area (Å²) in [5.41, 5.74) is 0. The molecule has 0 spiro atoms. The van der Waals surface area contributed by atoms with Gasteiger partial charge >= 0.3 is 0 Å². The first-order valence-electron chi connectivity index (χ1n) is 5.10. The Labute approximate surface area is 100 Å². The van der Waals surface area contributed by atoms with Crippen LogP contribution in [-0.4, -0.2) is 5.38 Å². The Kier molecular flexibility index (Phi) is 5.92. The number of rotatable bonds is 6. The average molecular weight is 251 g/mol. The molecule has 80 valence electrons. The molecule has 1 atom stereocenters. The van der Waals surface area contributed by atoms with Crippen molar-refractivity contribution < 1.29 is 0 Å². The number of hydrogen-bond donors (Lipinski definition) is 0. The van der Waals surface area contributed by atoms with Gasteiger partial charge in [0.2, 0.25) is 0 Å². The van der Waals surface area contributed by atoms with Crippen molar-refractivity contribution >= 4 is 34.5 Å². The third-order valence-electron chi connectivity index (χ3n) is 2.17. The summed E-state index contributed by atoms with van der Waals surface area (Å²) in [7, 11) is 0. The van der Waals surface area contributed by atoms with Crippen molar-refractivity contribution in [1.82, 2.24) is 0 Å². The lowest BCUT2D eigenvalue weighted by Gasteiger charge is -2.06. The zero-order chi connectivity index (χ0) is 10.4. The first-order chi connectivity index (χ1) is 6.72. The maximum atomic E-state index is 6.13. The third-order valence-corrected chi connectivity index (χ3v) is 3.90. The molecule has 0 fully saturated rings. The van der Waals surface area contributed by atoms with Crippen molar-refractivity contribution in [3.05, 3.63) is 21.3 Å². The molecule has 0 aliphatic carbocycles. The SMILES string of the molecule is CCCC(Cl)CCCc1ccc(Cl)s1. The second kappa shape index (κ2) is 6.71. The lowest BCUT2D eigenvalue weighted by atomic mass is 10.1. The summed E-state index contributed by atoms with van der Waals surface area (Å²) in [6, 6.07) is 4.07. The van der Waals surface area contributed by atoms with Crippen LogP contribution in [0.1, 0.15) is 37.5 Å². The Bertz CT molecular complexity index is 258. The van der Waals surface area contributed by atoms with Gasteiger partial charge in [-0.05, 0) is 37.8 Å². The normalized spacial score (nSPS) is 13.1. The molecule has 1 unspecified atom stereocenters. The summed E-state index contributed by atoms with van der Waals surface area (Å²) >= 11 is 13.6. The molecule has 0 aromatic carbocycles. The van der Waals surface area contributed by atoms with E-state index in [1.54, 1.807) is 11.3 Å². The summed E-state index contributed by atoms with van der Waals surface area (Å²) in [5, 5.41) is 0.357. The Morgan fingerprint density at radius 2 is 2.14 bits per heavy atom. The first kappa shape index (κ1) is 12.4. The molecular weight excluding hydrogens is 235 g/mol. The lowest BCUT2D eigenvalue weighted by Crippen LogP contribution is -1.97. The maximum absolute atomic E-state index is 6.13. The van der Waals surface area contributed by atoms with E-state index in [2.05, 4.69) is 13.0 Å². The van der Waals surface area contributed by atoms with Crippen LogP contribution in [0.2, 0.25) is 4.34 Å². The molecule has 1 aromatic heterocycles. The Balaban J connectivity index is 2.15. The van der Waals surface area contributed by atoms with Gasteiger partial charge < -0.3 is 0 Å². The summed E-state index contributed by atoms with van der Waals surface area (Å²) < 4.78 is 0.885. The van der Waals surface area contributed by atoms with E-state index in [0.717, 1.165) is 23.6 Å². The van der Waals surface area contributed by atoms with Crippen LogP contribution in [0.4, 0.5) is 0 Å². The summed E-state index contributed by atoms with van der Waals surface area (Å²) in [4.78, 5) is 1.37. The Morgan fingerprint density at radius 3 is 2.71 bits per heavy atom. The summed E-state index contributed by atoms with van der Waals surface area (Å²) in [6.45, 7) is 2.18. The van der Waals surface area contributed by atoms with E-state index in [4.69, 9.17) is 23.2 Å². The van der Waals surface area contributed by atoms with Gasteiger partial charge in [-0.2, -0.15) is 0 Å². The fraction of sp³-hybridized carbons (Fsp3) is 0.636. The fourth-order valence-electron chi connectivity index (χ4n) is 1.44. The highest BCUT2D eigenvalue weighted by Crippen LogP contribution is 2.23. The summed E-state index contributed by atoms with van der Waals surface area (Å²) in [6.07, 6.45) is 5.71. The van der Waals surface area contributed by atoms with Gasteiger partial charge in [0.05, 0.1) is 4.34 Å². The van der Waals surface area contributed by atoms with E-state index in [9.17, 15) is 0 Å². The Morgan fingerprint density at radius 1 is 1.36 bits per heavy atom. The van der Waals surface area contributed by atoms with E-state index < -0.39 is 0 Å². The number of hydrogen-bond acceptors (Lipinski definition) is 1. The van der Waals surface area contributed by atoms with Crippen LogP contribution in [0.25, 0.3) is 0 Å². The maximum Gasteiger partial charge on any atom is 0.0931 e. The minimum atomic E-state index is 0.357. The lowest BCUT2D eigenvalue weighted by molar-refractivity contribution is 0.642. The number of thiophene rings is 1. The second-order valence-corrected chi connectivity index (χ2v) is 5.90. The molecule has 1 rings (SSSR count). The zero-order valence-corrected chi connectivity index (χ0v) is 10.8. The van der Waals surface area contributed by atoms with Crippen molar-refractivity contribution in [3.8, 4) is 0 Å². The van der Waals surface area contributed by atoms with Gasteiger partial charge in [-0.25, -0.2) is 0 Å². The molecule has 0 aliphatic heterocycles. The highest BCUT2D eigenvalue weighted by atomic mass is 35.5. The Hall–Kier alpha value is 0.280. The molecule has 0 bridgehead atoms. The molecule has 0 amide bonds. The predicted molar refractivity (Wildman–Crippen MR) is 66.8 cm³/mol. The van der Waals surface area contributed by atoms with Crippen molar-refractivity contribution in [3.63, 3.8) is 0 Å². The molecule has 0 saturated carbocycles. The number of halogens is 2. The highest BCUT2D eigenvalue weighted by Gasteiger charge is 2.03. The van der Waals surface area contributed by atoms with Gasteiger partial charge in [-0.3, -0.25) is 0 Å². The minimum Gasteiger partial charge on any atom is -0.128 e. The molecule has 3 heteroatoms. The van der Waals surface area contributed by atoms with Crippen LogP contribution in [0.3, 0.4) is 0 Å². The van der Waals surface area contributed by atoms with Crippen LogP contribution in [-0.2, 0) is 6.42 Å². The van der Waals surface area contributed by atoms with E-state index in [1.165, 1.54) is 17.7 Å². The number of alkyl halides is 1. The standard InChI is InChI=1S/C11H16Cl2S/c1-2-4-9(12)5-3-6-10-7-8-11(13)14-10/h7-9H,2-6H2,1H3. The van der Waals surface area contributed by atoms with Crippen molar-refractivity contribution in [2.24, 2.45) is 0 Å². The average Bonchev–Trinajstić information content (AvgIpc) is 2.52. The van der Waals surface area contributed by atoms with Gasteiger partial charge in [-0.1, -0.05) is 24.9 Å². The van der Waals surface area contributed by atoms with Gasteiger partial charge in [0.1, 0.15) is 0 Å². The van der Waals surface area contributed by atoms with Gasteiger partial charge in [-0.15, -0.1) is 22.9 Å². The minimum absolute atomic E-state index is 0.357. The highest BCUT2D eigenvalue weighted by molar-refractivity contribution is 7.16. The van der Waals surface area contributed by atoms with Crippen LogP contribution >= 0.6 is 34.5 Å². The molecule has 14 heavy (non-hydrogen) atoms. The number of aryl methyl sites for hydroxylation is 1. The molecular formula is C11H16Cl2S. The molecule has 0 saturated heterocycles. The largest absolute Gasteiger partial charge is 0.128 e. The van der Waals surface area contributed by atoms with E-state index in [1.807, 2.05) is 6.07 Å². The van der Waals surface area contributed by atoms with Crippen LogP contribution in [0.15, 0.2) is 12.1 Å². The molecule has 0 nitrogen and oxygen atoms in total. The second-order valence-electron chi connectivity index (χ2n) is 3.48. The van der Waals surface area contributed by atoms with Gasteiger partial charge in [0, 0.05) is 10.3 Å². The molecule has 1 aromatic rings. The molecule has 0 radical (unpaired) electrons. The first-order valence-corrected chi connectivity index (χ1v) is 6.73. The summed E-state index contributed by atoms with van der Waals surface area (Å²) in [5.74, 6) is 0. The quantitative estimate of drug-likeness (QED) is 0.615. The van der Waals surface area contributed by atoms with E-state index in [-0.39, 0.29) is 0 Å². The predicted octanol–water partition coefficient (Wildman–Crippen LogP) is 5.13. The monoisotopic (exact) mass is 250 g/mol. The van der Waals surface area contributed by atoms with Crippen LogP contribution < -0.4 is 0 Å². The fourth-order valence-corrected chi connectivity index (χ4v) is 2.94. The van der Waals surface area contributed by atoms with E-state index in [0.29, 0.717) is 5.38 Å². The topological polar surface area (TPSA) is 0 Å². The zero-order valence-electron chi connectivity index (χ0n) is 8.43. The molecule has 0 aliphatic rings. The smallest absolute Gasteiger partial charge is 0.0931 e. The third kappa shape index (κ3) is 4.68. The van der Waals surface area contributed by atoms with Crippen LogP contribution in [0.5, 0.6) is 0 Å². The molecule has 1 heterocycles.